The summed E-state index contributed by atoms with van der Waals surface area (Å²) >= 11 is 0. The van der Waals surface area contributed by atoms with Crippen molar-refractivity contribution in [2.24, 2.45) is 5.16 Å². The molecule has 7 heteroatoms. The molecule has 3 rings (SSSR count). The summed E-state index contributed by atoms with van der Waals surface area (Å²) in [6.07, 6.45) is 0. The topological polar surface area (TPSA) is 94.2 Å². The van der Waals surface area contributed by atoms with E-state index in [9.17, 15) is 15.3 Å². The molecule has 0 unspecified atom stereocenters. The quantitative estimate of drug-likeness (QED) is 0.208. The zero-order valence-electron chi connectivity index (χ0n) is 14.9. The van der Waals surface area contributed by atoms with Gasteiger partial charge in [0.05, 0.1) is 4.92 Å². The lowest BCUT2D eigenvalue weighted by Gasteiger charge is -2.09. The molecule has 0 spiro atoms. The van der Waals surface area contributed by atoms with E-state index >= 15 is 0 Å². The van der Waals surface area contributed by atoms with Gasteiger partial charge in [-0.2, -0.15) is 0 Å². The molecule has 0 aliphatic rings. The number of rotatable bonds is 8. The van der Waals surface area contributed by atoms with E-state index < -0.39 is 4.92 Å². The molecule has 0 bridgehead atoms. The Morgan fingerprint density at radius 2 is 1.32 bits per heavy atom. The van der Waals surface area contributed by atoms with Crippen molar-refractivity contribution in [1.82, 2.24) is 0 Å². The number of nitrogens with zero attached hydrogens (tertiary/aromatic N) is 2. The van der Waals surface area contributed by atoms with Crippen molar-refractivity contribution in [3.63, 3.8) is 0 Å². The van der Waals surface area contributed by atoms with Gasteiger partial charge >= 0.3 is 0 Å². The predicted molar refractivity (Wildman–Crippen MR) is 104 cm³/mol. The Morgan fingerprint density at radius 1 is 0.821 bits per heavy atom. The second-order valence-corrected chi connectivity index (χ2v) is 5.79. The minimum absolute atomic E-state index is 0.0185. The van der Waals surface area contributed by atoms with Crippen LogP contribution in [0.3, 0.4) is 0 Å². The lowest BCUT2D eigenvalue weighted by Crippen LogP contribution is -2.09. The summed E-state index contributed by atoms with van der Waals surface area (Å²) in [6, 6.07) is 22.5. The molecule has 0 aliphatic carbocycles. The fourth-order valence-electron chi connectivity index (χ4n) is 2.57. The van der Waals surface area contributed by atoms with Gasteiger partial charge in [-0.05, 0) is 36.4 Å². The Balaban J connectivity index is 1.51. The van der Waals surface area contributed by atoms with Gasteiger partial charge in [0.25, 0.3) is 5.69 Å². The largest absolute Gasteiger partial charge is 0.490 e. The molecule has 1 N–H and O–H groups in total. The Labute approximate surface area is 161 Å². The van der Waals surface area contributed by atoms with Crippen molar-refractivity contribution < 1.29 is 19.6 Å². The monoisotopic (exact) mass is 378 g/mol. The summed E-state index contributed by atoms with van der Waals surface area (Å²) in [6.45, 7) is 0.614. The van der Waals surface area contributed by atoms with E-state index in [0.717, 1.165) is 11.1 Å². The Kier molecular flexibility index (Phi) is 6.20. The molecule has 28 heavy (non-hydrogen) atoms. The summed E-state index contributed by atoms with van der Waals surface area (Å²) in [4.78, 5) is 10.2. The zero-order valence-corrected chi connectivity index (χ0v) is 14.9. The van der Waals surface area contributed by atoms with Crippen LogP contribution in [0, 0.1) is 10.1 Å². The Morgan fingerprint density at radius 3 is 1.82 bits per heavy atom. The van der Waals surface area contributed by atoms with Gasteiger partial charge in [-0.3, -0.25) is 10.1 Å². The predicted octanol–water partition coefficient (Wildman–Crippen LogP) is 4.28. The minimum atomic E-state index is -0.457. The van der Waals surface area contributed by atoms with Crippen molar-refractivity contribution in [3.05, 3.63) is 100 Å². The second-order valence-electron chi connectivity index (χ2n) is 5.79. The van der Waals surface area contributed by atoms with Crippen LogP contribution in [0.4, 0.5) is 5.69 Å². The maximum Gasteiger partial charge on any atom is 0.269 e. The summed E-state index contributed by atoms with van der Waals surface area (Å²) in [7, 11) is 0. The van der Waals surface area contributed by atoms with Crippen molar-refractivity contribution >= 4 is 11.4 Å². The van der Waals surface area contributed by atoms with Crippen LogP contribution >= 0.6 is 0 Å². The fraction of sp³-hybridized carbons (Fsp3) is 0.0952. The van der Waals surface area contributed by atoms with Crippen LogP contribution in [0.15, 0.2) is 84.0 Å². The van der Waals surface area contributed by atoms with E-state index in [1.165, 1.54) is 12.1 Å². The molecule has 0 amide bonds. The van der Waals surface area contributed by atoms with Crippen LogP contribution in [-0.2, 0) is 0 Å². The first-order valence-corrected chi connectivity index (χ1v) is 8.55. The molecule has 0 aromatic heterocycles. The van der Waals surface area contributed by atoms with Crippen molar-refractivity contribution in [3.8, 4) is 11.5 Å². The molecule has 0 atom stereocenters. The lowest BCUT2D eigenvalue weighted by molar-refractivity contribution is -0.384. The molecule has 0 fully saturated rings. The first-order chi connectivity index (χ1) is 13.7. The molecule has 0 radical (unpaired) electrons. The molecule has 142 valence electrons. The Hall–Kier alpha value is -3.87. The van der Waals surface area contributed by atoms with E-state index in [1.54, 1.807) is 24.3 Å². The summed E-state index contributed by atoms with van der Waals surface area (Å²) in [5, 5.41) is 23.4. The van der Waals surface area contributed by atoms with Crippen molar-refractivity contribution in [1.29, 1.82) is 0 Å². The normalized spacial score (nSPS) is 11.1. The van der Waals surface area contributed by atoms with Gasteiger partial charge in [-0.25, -0.2) is 0 Å². The van der Waals surface area contributed by atoms with Crippen molar-refractivity contribution in [2.45, 2.75) is 0 Å². The van der Waals surface area contributed by atoms with Gasteiger partial charge in [0.1, 0.15) is 30.4 Å². The highest BCUT2D eigenvalue weighted by Gasteiger charge is 2.08. The first kappa shape index (κ1) is 18.9. The van der Waals surface area contributed by atoms with E-state index in [2.05, 4.69) is 5.16 Å². The molecule has 0 heterocycles. The van der Waals surface area contributed by atoms with Gasteiger partial charge in [-0.15, -0.1) is 0 Å². The zero-order chi connectivity index (χ0) is 19.8. The van der Waals surface area contributed by atoms with Crippen LogP contribution in [-0.4, -0.2) is 29.1 Å². The van der Waals surface area contributed by atoms with E-state index in [4.69, 9.17) is 9.47 Å². The average molecular weight is 378 g/mol. The van der Waals surface area contributed by atoms with E-state index in [0.29, 0.717) is 30.4 Å². The second kappa shape index (κ2) is 9.18. The van der Waals surface area contributed by atoms with Gasteiger partial charge in [0.2, 0.25) is 0 Å². The lowest BCUT2D eigenvalue weighted by atomic mass is 10.0. The van der Waals surface area contributed by atoms with Gasteiger partial charge in [0, 0.05) is 23.3 Å². The van der Waals surface area contributed by atoms with E-state index in [-0.39, 0.29) is 5.69 Å². The molecule has 3 aromatic carbocycles. The number of hydrogen-bond acceptors (Lipinski definition) is 6. The number of oxime groups is 1. The van der Waals surface area contributed by atoms with Crippen LogP contribution in [0.1, 0.15) is 11.1 Å². The number of non-ortho nitro benzene ring substituents is 1. The highest BCUT2D eigenvalue weighted by atomic mass is 16.6. The van der Waals surface area contributed by atoms with Gasteiger partial charge in [0.15, 0.2) is 0 Å². The third-order valence-corrected chi connectivity index (χ3v) is 3.94. The van der Waals surface area contributed by atoms with E-state index in [1.807, 2.05) is 42.5 Å². The number of ether oxygens (including phenoxy) is 2. The minimum Gasteiger partial charge on any atom is -0.490 e. The number of benzene rings is 3. The van der Waals surface area contributed by atoms with Crippen LogP contribution in [0.25, 0.3) is 0 Å². The van der Waals surface area contributed by atoms with Gasteiger partial charge in [-0.1, -0.05) is 35.5 Å². The number of nitro benzene ring substituents is 1. The van der Waals surface area contributed by atoms with Crippen LogP contribution in [0.2, 0.25) is 0 Å². The third kappa shape index (κ3) is 4.85. The summed E-state index contributed by atoms with van der Waals surface area (Å²) in [5.41, 5.74) is 2.08. The van der Waals surface area contributed by atoms with Gasteiger partial charge < -0.3 is 14.7 Å². The molecule has 3 aromatic rings. The molecule has 7 nitrogen and oxygen atoms in total. The molecular weight excluding hydrogens is 360 g/mol. The number of hydrogen-bond donors (Lipinski definition) is 1. The number of nitro groups is 1. The summed E-state index contributed by atoms with van der Waals surface area (Å²) in [5.74, 6) is 1.19. The highest BCUT2D eigenvalue weighted by molar-refractivity contribution is 6.12. The highest BCUT2D eigenvalue weighted by Crippen LogP contribution is 2.18. The maximum absolute atomic E-state index is 10.6. The summed E-state index contributed by atoms with van der Waals surface area (Å²) < 4.78 is 11.1. The molecule has 0 aliphatic heterocycles. The molecule has 0 saturated heterocycles. The molecular formula is C21H18N2O5. The average Bonchev–Trinajstić information content (AvgIpc) is 2.74. The van der Waals surface area contributed by atoms with Crippen LogP contribution < -0.4 is 9.47 Å². The van der Waals surface area contributed by atoms with Crippen LogP contribution in [0.5, 0.6) is 11.5 Å². The third-order valence-electron chi connectivity index (χ3n) is 3.94. The fourth-order valence-corrected chi connectivity index (χ4v) is 2.57. The smallest absolute Gasteiger partial charge is 0.269 e. The first-order valence-electron chi connectivity index (χ1n) is 8.55. The SMILES string of the molecule is O=[N+]([O-])c1ccc(OCCOc2ccc(/C(=N\O)c3ccccc3)cc2)cc1. The standard InChI is InChI=1S/C21H18N2O5/c24-22-21(16-4-2-1-3-5-16)17-6-10-19(11-7-17)27-14-15-28-20-12-8-18(9-13-20)23(25)26/h1-13,24H,14-15H2/b22-21-. The van der Waals surface area contributed by atoms with Crippen molar-refractivity contribution in [2.75, 3.05) is 13.2 Å². The molecule has 0 saturated carbocycles. The maximum atomic E-state index is 10.6. The Bertz CT molecular complexity index is 939.